The highest BCUT2D eigenvalue weighted by atomic mass is 35.5. The fraction of sp³-hybridized carbons (Fsp3) is 0.208. The van der Waals surface area contributed by atoms with E-state index in [0.717, 1.165) is 54.7 Å². The van der Waals surface area contributed by atoms with Crippen molar-refractivity contribution in [3.8, 4) is 11.1 Å². The Morgan fingerprint density at radius 1 is 0.933 bits per heavy atom. The van der Waals surface area contributed by atoms with E-state index >= 15 is 0 Å². The molecule has 4 rings (SSSR count). The highest BCUT2D eigenvalue weighted by Gasteiger charge is 2.19. The van der Waals surface area contributed by atoms with Gasteiger partial charge in [-0.15, -0.1) is 0 Å². The van der Waals surface area contributed by atoms with Crippen molar-refractivity contribution in [2.75, 3.05) is 36.8 Å². The maximum absolute atomic E-state index is 11.0. The first-order valence-electron chi connectivity index (χ1n) is 9.94. The van der Waals surface area contributed by atoms with Gasteiger partial charge in [0, 0.05) is 49.1 Å². The summed E-state index contributed by atoms with van der Waals surface area (Å²) >= 11 is 6.05. The van der Waals surface area contributed by atoms with Gasteiger partial charge in [-0.1, -0.05) is 29.8 Å². The van der Waals surface area contributed by atoms with Crippen LogP contribution in [-0.4, -0.2) is 42.2 Å². The fourth-order valence-electron chi connectivity index (χ4n) is 3.88. The summed E-state index contributed by atoms with van der Waals surface area (Å²) in [5.74, 6) is -0.898. The molecule has 0 aromatic heterocycles. The summed E-state index contributed by atoms with van der Waals surface area (Å²) in [6.07, 6.45) is 0. The van der Waals surface area contributed by atoms with Gasteiger partial charge in [-0.2, -0.15) is 0 Å². The predicted octanol–water partition coefficient (Wildman–Crippen LogP) is 4.61. The summed E-state index contributed by atoms with van der Waals surface area (Å²) in [6.45, 7) is 4.47. The average molecular weight is 422 g/mol. The zero-order chi connectivity index (χ0) is 21.1. The van der Waals surface area contributed by atoms with Crippen molar-refractivity contribution < 1.29 is 9.90 Å². The number of rotatable bonds is 5. The lowest BCUT2D eigenvalue weighted by molar-refractivity contribution is 0.0697. The number of piperazine rings is 1. The van der Waals surface area contributed by atoms with Gasteiger partial charge in [0.1, 0.15) is 0 Å². The number of carbonyl (C=O) groups is 1. The molecule has 0 atom stereocenters. The second kappa shape index (κ2) is 8.78. The van der Waals surface area contributed by atoms with Crippen LogP contribution in [0.25, 0.3) is 11.1 Å². The third-order valence-corrected chi connectivity index (χ3v) is 5.78. The molecule has 0 radical (unpaired) electrons. The van der Waals surface area contributed by atoms with E-state index in [0.29, 0.717) is 5.56 Å². The number of nitrogens with zero attached hydrogens (tertiary/aromatic N) is 2. The predicted molar refractivity (Wildman–Crippen MR) is 122 cm³/mol. The van der Waals surface area contributed by atoms with Crippen molar-refractivity contribution in [1.82, 2.24) is 4.90 Å². The highest BCUT2D eigenvalue weighted by molar-refractivity contribution is 6.30. The second-order valence-electron chi connectivity index (χ2n) is 7.54. The first-order valence-corrected chi connectivity index (χ1v) is 10.3. The first-order chi connectivity index (χ1) is 14.5. The zero-order valence-corrected chi connectivity index (χ0v) is 17.3. The van der Waals surface area contributed by atoms with Gasteiger partial charge >= 0.3 is 5.97 Å². The molecule has 3 aromatic rings. The number of anilines is 2. The largest absolute Gasteiger partial charge is 0.478 e. The van der Waals surface area contributed by atoms with E-state index < -0.39 is 5.97 Å². The van der Waals surface area contributed by atoms with Gasteiger partial charge in [0.05, 0.1) is 5.56 Å². The summed E-state index contributed by atoms with van der Waals surface area (Å²) in [5, 5.41) is 9.79. The van der Waals surface area contributed by atoms with E-state index in [-0.39, 0.29) is 0 Å². The van der Waals surface area contributed by atoms with Crippen LogP contribution >= 0.6 is 11.6 Å². The lowest BCUT2D eigenvalue weighted by atomic mass is 9.98. The number of halogens is 1. The van der Waals surface area contributed by atoms with E-state index in [4.69, 9.17) is 22.4 Å². The first kappa shape index (κ1) is 20.3. The van der Waals surface area contributed by atoms with Crippen LogP contribution in [0.1, 0.15) is 15.9 Å². The Kier molecular flexibility index (Phi) is 5.93. The molecule has 3 aromatic carbocycles. The molecule has 0 saturated carbocycles. The molecule has 5 nitrogen and oxygen atoms in total. The molecule has 1 aliphatic rings. The van der Waals surface area contributed by atoms with Crippen molar-refractivity contribution in [3.05, 3.63) is 82.9 Å². The third-order valence-electron chi connectivity index (χ3n) is 5.53. The number of aromatic carboxylic acids is 1. The molecule has 1 heterocycles. The number of hydrogen-bond acceptors (Lipinski definition) is 4. The molecule has 1 saturated heterocycles. The number of hydrogen-bond donors (Lipinski definition) is 2. The normalized spacial score (nSPS) is 14.6. The van der Waals surface area contributed by atoms with Gasteiger partial charge in [-0.25, -0.2) is 4.79 Å². The van der Waals surface area contributed by atoms with E-state index in [9.17, 15) is 4.79 Å². The van der Waals surface area contributed by atoms with Crippen molar-refractivity contribution >= 4 is 28.9 Å². The molecule has 6 heteroatoms. The van der Waals surface area contributed by atoms with Crippen LogP contribution in [0, 0.1) is 0 Å². The quantitative estimate of drug-likeness (QED) is 0.589. The summed E-state index contributed by atoms with van der Waals surface area (Å²) < 4.78 is 0. The fourth-order valence-corrected chi connectivity index (χ4v) is 4.00. The van der Waals surface area contributed by atoms with Crippen LogP contribution in [0.5, 0.6) is 0 Å². The Balaban J connectivity index is 1.44. The van der Waals surface area contributed by atoms with Crippen LogP contribution in [0.3, 0.4) is 0 Å². The van der Waals surface area contributed by atoms with Gasteiger partial charge in [-0.3, -0.25) is 4.90 Å². The van der Waals surface area contributed by atoms with Gasteiger partial charge in [0.15, 0.2) is 0 Å². The smallest absolute Gasteiger partial charge is 0.335 e. The number of benzene rings is 3. The van der Waals surface area contributed by atoms with Gasteiger partial charge < -0.3 is 15.7 Å². The summed E-state index contributed by atoms with van der Waals surface area (Å²) in [4.78, 5) is 15.8. The minimum Gasteiger partial charge on any atom is -0.478 e. The molecular formula is C24H24ClN3O2. The molecule has 0 amide bonds. The molecule has 1 fully saturated rings. The number of carboxylic acids is 1. The summed E-state index contributed by atoms with van der Waals surface area (Å²) in [6, 6.07) is 21.1. The molecule has 0 bridgehead atoms. The van der Waals surface area contributed by atoms with Gasteiger partial charge in [0.2, 0.25) is 0 Å². The third kappa shape index (κ3) is 4.58. The average Bonchev–Trinajstić information content (AvgIpc) is 2.75. The molecule has 0 aliphatic carbocycles. The Morgan fingerprint density at radius 3 is 2.23 bits per heavy atom. The van der Waals surface area contributed by atoms with E-state index in [1.807, 2.05) is 42.5 Å². The van der Waals surface area contributed by atoms with Crippen LogP contribution in [0.2, 0.25) is 5.02 Å². The maximum Gasteiger partial charge on any atom is 0.335 e. The molecule has 0 spiro atoms. The lowest BCUT2D eigenvalue weighted by Crippen LogP contribution is -2.46. The van der Waals surface area contributed by atoms with E-state index in [1.165, 1.54) is 11.1 Å². The molecule has 3 N–H and O–H groups in total. The molecule has 30 heavy (non-hydrogen) atoms. The number of nitrogen functional groups attached to an aromatic ring is 1. The van der Waals surface area contributed by atoms with E-state index in [2.05, 4.69) is 21.9 Å². The van der Waals surface area contributed by atoms with Gasteiger partial charge in [-0.05, 0) is 65.2 Å². The maximum atomic E-state index is 11.0. The zero-order valence-electron chi connectivity index (χ0n) is 16.6. The molecular weight excluding hydrogens is 398 g/mol. The standard InChI is InChI=1S/C24H24ClN3O2/c25-20-5-1-17(2-6-20)23-10-7-21(26)15-19(23)16-27-11-13-28(14-12-27)22-8-3-18(4-9-22)24(29)30/h1-10,15H,11-14,16,26H2,(H,29,30). The SMILES string of the molecule is Nc1ccc(-c2ccc(Cl)cc2)c(CN2CCN(c3ccc(C(=O)O)cc3)CC2)c1. The molecule has 0 unspecified atom stereocenters. The monoisotopic (exact) mass is 421 g/mol. The van der Waals surface area contributed by atoms with Crippen molar-refractivity contribution in [3.63, 3.8) is 0 Å². The number of carboxylic acid groups (broad SMARTS) is 1. The Hall–Kier alpha value is -3.02. The minimum atomic E-state index is -0.898. The Bertz CT molecular complexity index is 1030. The topological polar surface area (TPSA) is 69.8 Å². The number of nitrogens with two attached hydrogens (primary N) is 1. The summed E-state index contributed by atoms with van der Waals surface area (Å²) in [5.41, 5.74) is 11.7. The van der Waals surface area contributed by atoms with Crippen molar-refractivity contribution in [2.45, 2.75) is 6.54 Å². The molecule has 154 valence electrons. The van der Waals surface area contributed by atoms with Crippen LogP contribution in [0.15, 0.2) is 66.7 Å². The van der Waals surface area contributed by atoms with Gasteiger partial charge in [0.25, 0.3) is 0 Å². The van der Waals surface area contributed by atoms with Crippen LogP contribution in [-0.2, 0) is 6.54 Å². The second-order valence-corrected chi connectivity index (χ2v) is 7.98. The lowest BCUT2D eigenvalue weighted by Gasteiger charge is -2.36. The minimum absolute atomic E-state index is 0.314. The Labute approximate surface area is 181 Å². The summed E-state index contributed by atoms with van der Waals surface area (Å²) in [7, 11) is 0. The van der Waals surface area contributed by atoms with Crippen molar-refractivity contribution in [1.29, 1.82) is 0 Å². The van der Waals surface area contributed by atoms with Crippen molar-refractivity contribution in [2.24, 2.45) is 0 Å². The van der Waals surface area contributed by atoms with Crippen LogP contribution in [0.4, 0.5) is 11.4 Å². The highest BCUT2D eigenvalue weighted by Crippen LogP contribution is 2.28. The van der Waals surface area contributed by atoms with Crippen LogP contribution < -0.4 is 10.6 Å². The van der Waals surface area contributed by atoms with E-state index in [1.54, 1.807) is 12.1 Å². The Morgan fingerprint density at radius 2 is 1.60 bits per heavy atom. The molecule has 1 aliphatic heterocycles.